The number of nitrogens with one attached hydrogen (secondary N) is 2. The minimum absolute atomic E-state index is 0.118. The summed E-state index contributed by atoms with van der Waals surface area (Å²) in [4.78, 5) is 23.4. The molecule has 0 fully saturated rings. The third-order valence-electron chi connectivity index (χ3n) is 3.73. The number of benzene rings is 1. The summed E-state index contributed by atoms with van der Waals surface area (Å²) in [5.41, 5.74) is 2.18. The summed E-state index contributed by atoms with van der Waals surface area (Å²) in [6.07, 6.45) is 1.25. The highest BCUT2D eigenvalue weighted by Gasteiger charge is 2.23. The Morgan fingerprint density at radius 3 is 2.41 bits per heavy atom. The minimum Gasteiger partial charge on any atom is -0.480 e. The van der Waals surface area contributed by atoms with Crippen LogP contribution < -0.4 is 10.6 Å². The molecule has 0 aliphatic heterocycles. The third kappa shape index (κ3) is 5.15. The van der Waals surface area contributed by atoms with Crippen molar-refractivity contribution in [2.24, 2.45) is 0 Å². The normalized spacial score (nSPS) is 14.9. The Morgan fingerprint density at radius 1 is 1.23 bits per heavy atom. The maximum absolute atomic E-state index is 12.2. The molecular weight excluding hydrogens is 280 g/mol. The molecule has 122 valence electrons. The molecule has 22 heavy (non-hydrogen) atoms. The molecule has 0 radical (unpaired) electrons. The van der Waals surface area contributed by atoms with Crippen LogP contribution in [-0.2, 0) is 9.59 Å². The molecule has 0 spiro atoms. The van der Waals surface area contributed by atoms with E-state index >= 15 is 0 Å². The van der Waals surface area contributed by atoms with Gasteiger partial charge in [0.15, 0.2) is 0 Å². The molecule has 0 heterocycles. The number of carboxylic acids is 1. The van der Waals surface area contributed by atoms with Crippen LogP contribution in [-0.4, -0.2) is 29.1 Å². The van der Waals surface area contributed by atoms with Crippen LogP contribution in [0, 0.1) is 6.92 Å². The Morgan fingerprint density at radius 2 is 1.86 bits per heavy atom. The summed E-state index contributed by atoms with van der Waals surface area (Å²) in [7, 11) is 0. The first kappa shape index (κ1) is 18.2. The van der Waals surface area contributed by atoms with Crippen LogP contribution in [0.4, 0.5) is 0 Å². The van der Waals surface area contributed by atoms with Gasteiger partial charge in [-0.1, -0.05) is 37.6 Å². The lowest BCUT2D eigenvalue weighted by atomic mass is 10.0. The van der Waals surface area contributed by atoms with Crippen LogP contribution in [0.3, 0.4) is 0 Å². The van der Waals surface area contributed by atoms with E-state index in [9.17, 15) is 9.59 Å². The monoisotopic (exact) mass is 306 g/mol. The zero-order valence-corrected chi connectivity index (χ0v) is 13.7. The van der Waals surface area contributed by atoms with Crippen molar-refractivity contribution in [1.29, 1.82) is 0 Å². The van der Waals surface area contributed by atoms with Gasteiger partial charge >= 0.3 is 5.97 Å². The first-order valence-corrected chi connectivity index (χ1v) is 7.71. The number of aliphatic carboxylic acids is 1. The maximum atomic E-state index is 12.2. The van der Waals surface area contributed by atoms with Gasteiger partial charge in [-0.05, 0) is 38.3 Å². The smallest absolute Gasteiger partial charge is 0.320 e. The van der Waals surface area contributed by atoms with Crippen LogP contribution in [0.1, 0.15) is 50.8 Å². The molecule has 1 aromatic rings. The van der Waals surface area contributed by atoms with E-state index < -0.39 is 18.1 Å². The van der Waals surface area contributed by atoms with E-state index in [-0.39, 0.29) is 11.9 Å². The molecule has 0 aliphatic rings. The van der Waals surface area contributed by atoms with Crippen molar-refractivity contribution in [2.45, 2.75) is 58.7 Å². The molecule has 1 amide bonds. The highest BCUT2D eigenvalue weighted by atomic mass is 16.4. The van der Waals surface area contributed by atoms with Crippen LogP contribution in [0.25, 0.3) is 0 Å². The number of aryl methyl sites for hydroxylation is 1. The van der Waals surface area contributed by atoms with E-state index in [0.717, 1.165) is 17.5 Å². The molecule has 3 atom stereocenters. The fourth-order valence-electron chi connectivity index (χ4n) is 2.43. The Labute approximate surface area is 132 Å². The van der Waals surface area contributed by atoms with Gasteiger partial charge in [-0.25, -0.2) is 0 Å². The highest BCUT2D eigenvalue weighted by Crippen LogP contribution is 2.16. The standard InChI is InChI=1S/C17H26N2O3/c1-5-8-15(17(21)22)18-13(4)16(20)19-12(3)14-10-7-6-9-11(14)2/h6-7,9-10,12-13,15,18H,5,8H2,1-4H3,(H,19,20)(H,21,22). The summed E-state index contributed by atoms with van der Waals surface area (Å²) in [6.45, 7) is 7.53. The molecule has 0 saturated carbocycles. The van der Waals surface area contributed by atoms with E-state index in [2.05, 4.69) is 10.6 Å². The average molecular weight is 306 g/mol. The van der Waals surface area contributed by atoms with Crippen molar-refractivity contribution in [3.8, 4) is 0 Å². The number of carbonyl (C=O) groups excluding carboxylic acids is 1. The van der Waals surface area contributed by atoms with Gasteiger partial charge in [0.05, 0.1) is 12.1 Å². The summed E-state index contributed by atoms with van der Waals surface area (Å²) in [6, 6.07) is 6.51. The lowest BCUT2D eigenvalue weighted by molar-refractivity contribution is -0.140. The van der Waals surface area contributed by atoms with Gasteiger partial charge < -0.3 is 10.4 Å². The van der Waals surface area contributed by atoms with Gasteiger partial charge in [0.25, 0.3) is 0 Å². The second-order valence-corrected chi connectivity index (χ2v) is 5.65. The van der Waals surface area contributed by atoms with Crippen LogP contribution in [0.2, 0.25) is 0 Å². The second-order valence-electron chi connectivity index (χ2n) is 5.65. The lowest BCUT2D eigenvalue weighted by Gasteiger charge is -2.22. The molecule has 1 rings (SSSR count). The topological polar surface area (TPSA) is 78.4 Å². The van der Waals surface area contributed by atoms with Gasteiger partial charge in [-0.2, -0.15) is 0 Å². The van der Waals surface area contributed by atoms with Gasteiger partial charge in [0, 0.05) is 0 Å². The van der Waals surface area contributed by atoms with Crippen molar-refractivity contribution in [3.05, 3.63) is 35.4 Å². The molecular formula is C17H26N2O3. The van der Waals surface area contributed by atoms with Gasteiger partial charge in [-0.3, -0.25) is 14.9 Å². The Bertz CT molecular complexity index is 516. The fourth-order valence-corrected chi connectivity index (χ4v) is 2.43. The molecule has 0 bridgehead atoms. The number of carbonyl (C=O) groups is 2. The average Bonchev–Trinajstić information content (AvgIpc) is 2.46. The predicted octanol–water partition coefficient (Wildman–Crippen LogP) is 2.40. The SMILES string of the molecule is CCCC(NC(C)C(=O)NC(C)c1ccccc1C)C(=O)O. The first-order chi connectivity index (χ1) is 10.4. The van der Waals surface area contributed by atoms with Crippen LogP contribution in [0.15, 0.2) is 24.3 Å². The number of rotatable bonds is 8. The summed E-state index contributed by atoms with van der Waals surface area (Å²) in [5, 5.41) is 14.9. The molecule has 1 aromatic carbocycles. The molecule has 0 aliphatic carbocycles. The van der Waals surface area contributed by atoms with Crippen molar-refractivity contribution < 1.29 is 14.7 Å². The minimum atomic E-state index is -0.923. The zero-order valence-electron chi connectivity index (χ0n) is 13.7. The first-order valence-electron chi connectivity index (χ1n) is 7.71. The summed E-state index contributed by atoms with van der Waals surface area (Å²) in [5.74, 6) is -1.12. The molecule has 0 aromatic heterocycles. The molecule has 3 unspecified atom stereocenters. The van der Waals surface area contributed by atoms with Crippen LogP contribution in [0.5, 0.6) is 0 Å². The Balaban J connectivity index is 2.64. The number of hydrogen-bond donors (Lipinski definition) is 3. The summed E-state index contributed by atoms with van der Waals surface area (Å²) >= 11 is 0. The lowest BCUT2D eigenvalue weighted by Crippen LogP contribution is -2.49. The van der Waals surface area contributed by atoms with Crippen molar-refractivity contribution in [3.63, 3.8) is 0 Å². The highest BCUT2D eigenvalue weighted by molar-refractivity contribution is 5.83. The Hall–Kier alpha value is -1.88. The van der Waals surface area contributed by atoms with Gasteiger partial charge in [0.2, 0.25) is 5.91 Å². The number of amides is 1. The van der Waals surface area contributed by atoms with Crippen molar-refractivity contribution in [2.75, 3.05) is 0 Å². The van der Waals surface area contributed by atoms with E-state index in [4.69, 9.17) is 5.11 Å². The number of carboxylic acid groups (broad SMARTS) is 1. The number of hydrogen-bond acceptors (Lipinski definition) is 3. The van der Waals surface area contributed by atoms with E-state index in [1.165, 1.54) is 0 Å². The maximum Gasteiger partial charge on any atom is 0.320 e. The fraction of sp³-hybridized carbons (Fsp3) is 0.529. The quantitative estimate of drug-likeness (QED) is 0.689. The van der Waals surface area contributed by atoms with E-state index in [0.29, 0.717) is 6.42 Å². The van der Waals surface area contributed by atoms with E-state index in [1.807, 2.05) is 45.0 Å². The summed E-state index contributed by atoms with van der Waals surface area (Å²) < 4.78 is 0. The molecule has 5 heteroatoms. The van der Waals surface area contributed by atoms with Crippen molar-refractivity contribution in [1.82, 2.24) is 10.6 Å². The molecule has 0 saturated heterocycles. The predicted molar refractivity (Wildman–Crippen MR) is 86.7 cm³/mol. The van der Waals surface area contributed by atoms with Gasteiger partial charge in [-0.15, -0.1) is 0 Å². The van der Waals surface area contributed by atoms with Crippen LogP contribution >= 0.6 is 0 Å². The molecule has 5 nitrogen and oxygen atoms in total. The molecule has 3 N–H and O–H groups in total. The third-order valence-corrected chi connectivity index (χ3v) is 3.73. The zero-order chi connectivity index (χ0) is 16.7. The Kier molecular flexibility index (Phi) is 7.05. The second kappa shape index (κ2) is 8.54. The van der Waals surface area contributed by atoms with E-state index in [1.54, 1.807) is 6.92 Å². The van der Waals surface area contributed by atoms with Gasteiger partial charge in [0.1, 0.15) is 6.04 Å². The van der Waals surface area contributed by atoms with Crippen molar-refractivity contribution >= 4 is 11.9 Å². The largest absolute Gasteiger partial charge is 0.480 e.